The number of allylic oxidation sites excluding steroid dienone is 4. The molecule has 0 saturated carbocycles. The van der Waals surface area contributed by atoms with Gasteiger partial charge in [0.25, 0.3) is 5.24 Å². The van der Waals surface area contributed by atoms with Crippen molar-refractivity contribution in [2.45, 2.75) is 11.2 Å². The molecule has 0 radical (unpaired) electrons. The smallest absolute Gasteiger partial charge is 0.252 e. The van der Waals surface area contributed by atoms with E-state index in [4.69, 9.17) is 11.6 Å². The van der Waals surface area contributed by atoms with Crippen LogP contribution in [0.15, 0.2) is 23.8 Å². The standard InChI is InChI=1S/C7H6BrClO/c8-6-3-1-5(2-4-6)7(9)10/h1-3,6H,4H2. The Morgan fingerprint density at radius 2 is 2.50 bits per heavy atom. The van der Waals surface area contributed by atoms with Crippen LogP contribution in [0.3, 0.4) is 0 Å². The third-order valence-corrected chi connectivity index (χ3v) is 2.17. The van der Waals surface area contributed by atoms with Crippen molar-refractivity contribution in [2.24, 2.45) is 0 Å². The molecule has 0 aromatic heterocycles. The van der Waals surface area contributed by atoms with Gasteiger partial charge in [-0.15, -0.1) is 0 Å². The molecule has 3 heteroatoms. The first-order chi connectivity index (χ1) is 4.70. The van der Waals surface area contributed by atoms with Crippen molar-refractivity contribution in [3.8, 4) is 0 Å². The summed E-state index contributed by atoms with van der Waals surface area (Å²) in [5.74, 6) is 0. The van der Waals surface area contributed by atoms with Crippen molar-refractivity contribution in [1.82, 2.24) is 0 Å². The summed E-state index contributed by atoms with van der Waals surface area (Å²) >= 11 is 8.61. The molecule has 1 aliphatic rings. The van der Waals surface area contributed by atoms with E-state index in [-0.39, 0.29) is 5.24 Å². The van der Waals surface area contributed by atoms with E-state index in [2.05, 4.69) is 15.9 Å². The molecule has 54 valence electrons. The summed E-state index contributed by atoms with van der Waals surface area (Å²) in [5.41, 5.74) is 0.595. The fraction of sp³-hybridized carbons (Fsp3) is 0.286. The predicted octanol–water partition coefficient (Wildman–Crippen LogP) is 2.40. The normalized spacial score (nSPS) is 24.2. The SMILES string of the molecule is O=C(Cl)C1=CCC(Br)C=C1. The molecule has 0 aromatic carbocycles. The maximum atomic E-state index is 10.5. The van der Waals surface area contributed by atoms with Gasteiger partial charge in [0.2, 0.25) is 0 Å². The fourth-order valence-electron chi connectivity index (χ4n) is 0.740. The van der Waals surface area contributed by atoms with Gasteiger partial charge in [0, 0.05) is 10.4 Å². The molecular formula is C7H6BrClO. The molecule has 1 rings (SSSR count). The van der Waals surface area contributed by atoms with Gasteiger partial charge >= 0.3 is 0 Å². The Hall–Kier alpha value is -0.0800. The highest BCUT2D eigenvalue weighted by Gasteiger charge is 2.08. The lowest BCUT2D eigenvalue weighted by molar-refractivity contribution is -0.108. The van der Waals surface area contributed by atoms with Crippen molar-refractivity contribution >= 4 is 32.8 Å². The van der Waals surface area contributed by atoms with E-state index in [1.54, 1.807) is 6.08 Å². The summed E-state index contributed by atoms with van der Waals surface area (Å²) in [6.07, 6.45) is 6.31. The molecule has 0 heterocycles. The second kappa shape index (κ2) is 3.35. The van der Waals surface area contributed by atoms with Crippen LogP contribution in [0.25, 0.3) is 0 Å². The monoisotopic (exact) mass is 220 g/mol. The van der Waals surface area contributed by atoms with Crippen molar-refractivity contribution < 1.29 is 4.79 Å². The average Bonchev–Trinajstić information content (AvgIpc) is 1.88. The van der Waals surface area contributed by atoms with Crippen molar-refractivity contribution in [3.63, 3.8) is 0 Å². The molecule has 0 aromatic rings. The van der Waals surface area contributed by atoms with E-state index in [0.29, 0.717) is 10.4 Å². The molecule has 0 saturated heterocycles. The summed E-state index contributed by atoms with van der Waals surface area (Å²) in [6.45, 7) is 0. The Kier molecular flexibility index (Phi) is 2.69. The minimum absolute atomic E-state index is 0.354. The van der Waals surface area contributed by atoms with Crippen LogP contribution in [0.4, 0.5) is 0 Å². The molecule has 0 fully saturated rings. The van der Waals surface area contributed by atoms with E-state index in [0.717, 1.165) is 6.42 Å². The second-order valence-corrected chi connectivity index (χ2v) is 3.56. The minimum Gasteiger partial charge on any atom is -0.276 e. The number of carbonyl (C=O) groups excluding carboxylic acids is 1. The van der Waals surface area contributed by atoms with Gasteiger partial charge in [-0.25, -0.2) is 0 Å². The Labute approximate surface area is 72.9 Å². The summed E-state index contributed by atoms with van der Waals surface area (Å²) < 4.78 is 0. The molecule has 1 atom stereocenters. The zero-order valence-electron chi connectivity index (χ0n) is 5.18. The van der Waals surface area contributed by atoms with Gasteiger partial charge in [-0.05, 0) is 18.0 Å². The topological polar surface area (TPSA) is 17.1 Å². The third-order valence-electron chi connectivity index (χ3n) is 1.27. The van der Waals surface area contributed by atoms with E-state index in [1.165, 1.54) is 0 Å². The van der Waals surface area contributed by atoms with Crippen LogP contribution in [0, 0.1) is 0 Å². The van der Waals surface area contributed by atoms with Gasteiger partial charge in [0.1, 0.15) is 0 Å². The molecule has 0 spiro atoms. The van der Waals surface area contributed by atoms with Gasteiger partial charge in [-0.3, -0.25) is 4.79 Å². The van der Waals surface area contributed by atoms with E-state index >= 15 is 0 Å². The van der Waals surface area contributed by atoms with Gasteiger partial charge in [-0.1, -0.05) is 34.2 Å². The van der Waals surface area contributed by atoms with Crippen molar-refractivity contribution in [2.75, 3.05) is 0 Å². The Morgan fingerprint density at radius 1 is 1.80 bits per heavy atom. The number of halogens is 2. The second-order valence-electron chi connectivity index (χ2n) is 2.04. The van der Waals surface area contributed by atoms with Crippen molar-refractivity contribution in [3.05, 3.63) is 23.8 Å². The Balaban J connectivity index is 2.67. The lowest BCUT2D eigenvalue weighted by Gasteiger charge is -2.06. The maximum Gasteiger partial charge on any atom is 0.252 e. The third kappa shape index (κ3) is 1.96. The van der Waals surface area contributed by atoms with Crippen LogP contribution in [0.2, 0.25) is 0 Å². The number of carbonyl (C=O) groups is 1. The molecule has 0 N–H and O–H groups in total. The van der Waals surface area contributed by atoms with Crippen LogP contribution in [0.5, 0.6) is 0 Å². The number of alkyl halides is 1. The first-order valence-corrected chi connectivity index (χ1v) is 4.22. The highest BCUT2D eigenvalue weighted by Crippen LogP contribution is 2.17. The molecule has 1 unspecified atom stereocenters. The number of hydrogen-bond acceptors (Lipinski definition) is 1. The molecule has 1 nitrogen and oxygen atoms in total. The number of hydrogen-bond donors (Lipinski definition) is 0. The quantitative estimate of drug-likeness (QED) is 0.491. The molecular weight excluding hydrogens is 215 g/mol. The lowest BCUT2D eigenvalue weighted by Crippen LogP contribution is -2.00. The molecule has 0 amide bonds. The first-order valence-electron chi connectivity index (χ1n) is 2.92. The molecule has 1 aliphatic carbocycles. The minimum atomic E-state index is -0.379. The lowest BCUT2D eigenvalue weighted by atomic mass is 10.1. The van der Waals surface area contributed by atoms with Crippen LogP contribution in [-0.4, -0.2) is 10.1 Å². The summed E-state index contributed by atoms with van der Waals surface area (Å²) in [6, 6.07) is 0. The highest BCUT2D eigenvalue weighted by atomic mass is 79.9. The van der Waals surface area contributed by atoms with Crippen molar-refractivity contribution in [1.29, 1.82) is 0 Å². The van der Waals surface area contributed by atoms with Gasteiger partial charge < -0.3 is 0 Å². The van der Waals surface area contributed by atoms with E-state index in [1.807, 2.05) is 12.2 Å². The predicted molar refractivity (Wildman–Crippen MR) is 45.4 cm³/mol. The summed E-state index contributed by atoms with van der Waals surface area (Å²) in [5, 5.41) is -0.379. The number of rotatable bonds is 1. The van der Waals surface area contributed by atoms with Crippen LogP contribution < -0.4 is 0 Å². The van der Waals surface area contributed by atoms with Crippen LogP contribution in [-0.2, 0) is 4.79 Å². The van der Waals surface area contributed by atoms with E-state index < -0.39 is 0 Å². The van der Waals surface area contributed by atoms with Crippen LogP contribution in [0.1, 0.15) is 6.42 Å². The Morgan fingerprint density at radius 3 is 2.90 bits per heavy atom. The van der Waals surface area contributed by atoms with Gasteiger partial charge in [0.15, 0.2) is 0 Å². The largest absolute Gasteiger partial charge is 0.276 e. The average molecular weight is 221 g/mol. The zero-order chi connectivity index (χ0) is 7.56. The summed E-state index contributed by atoms with van der Waals surface area (Å²) in [4.78, 5) is 10.9. The maximum absolute atomic E-state index is 10.5. The fourth-order valence-corrected chi connectivity index (χ4v) is 1.22. The Bertz CT molecular complexity index is 208. The molecule has 0 bridgehead atoms. The van der Waals surface area contributed by atoms with Crippen LogP contribution >= 0.6 is 27.5 Å². The van der Waals surface area contributed by atoms with Gasteiger partial charge in [0.05, 0.1) is 0 Å². The summed E-state index contributed by atoms with van der Waals surface area (Å²) in [7, 11) is 0. The zero-order valence-corrected chi connectivity index (χ0v) is 7.52. The molecule has 0 aliphatic heterocycles. The first kappa shape index (κ1) is 8.02. The highest BCUT2D eigenvalue weighted by molar-refractivity contribution is 9.09. The van der Waals surface area contributed by atoms with Gasteiger partial charge in [-0.2, -0.15) is 0 Å². The molecule has 10 heavy (non-hydrogen) atoms. The van der Waals surface area contributed by atoms with E-state index in [9.17, 15) is 4.79 Å².